The van der Waals surface area contributed by atoms with Gasteiger partial charge in [0.25, 0.3) is 0 Å². The molecule has 0 atom stereocenters. The summed E-state index contributed by atoms with van der Waals surface area (Å²) in [7, 11) is 0. The number of aromatic nitrogens is 3. The van der Waals surface area contributed by atoms with Crippen LogP contribution in [0.15, 0.2) is 73.1 Å². The van der Waals surface area contributed by atoms with Gasteiger partial charge in [-0.3, -0.25) is 9.78 Å². The van der Waals surface area contributed by atoms with Crippen molar-refractivity contribution in [1.29, 1.82) is 0 Å². The van der Waals surface area contributed by atoms with Gasteiger partial charge < -0.3 is 15.4 Å². The van der Waals surface area contributed by atoms with Crippen LogP contribution >= 0.6 is 0 Å². The molecular weight excluding hydrogens is 378 g/mol. The number of pyridine rings is 1. The van der Waals surface area contributed by atoms with Crippen molar-refractivity contribution in [2.45, 2.75) is 6.92 Å². The van der Waals surface area contributed by atoms with Gasteiger partial charge in [0.15, 0.2) is 5.82 Å². The van der Waals surface area contributed by atoms with Gasteiger partial charge in [0.1, 0.15) is 18.2 Å². The van der Waals surface area contributed by atoms with E-state index in [0.29, 0.717) is 30.4 Å². The number of hydrogen-bond donors (Lipinski definition) is 2. The second-order valence-corrected chi connectivity index (χ2v) is 6.64. The predicted octanol–water partition coefficient (Wildman–Crippen LogP) is 4.14. The van der Waals surface area contributed by atoms with Crippen LogP contribution in [-0.4, -0.2) is 34.0 Å². The van der Waals surface area contributed by atoms with Gasteiger partial charge in [-0.05, 0) is 36.4 Å². The third-order valence-corrected chi connectivity index (χ3v) is 4.34. The molecule has 150 valence electrons. The van der Waals surface area contributed by atoms with Crippen LogP contribution < -0.4 is 15.4 Å². The molecule has 0 fully saturated rings. The van der Waals surface area contributed by atoms with Crippen molar-refractivity contribution >= 4 is 28.3 Å². The molecule has 30 heavy (non-hydrogen) atoms. The number of fused-ring (bicyclic) bond motifs is 1. The molecule has 0 saturated carbocycles. The molecule has 0 saturated heterocycles. The molecule has 2 heterocycles. The van der Waals surface area contributed by atoms with Gasteiger partial charge in [0, 0.05) is 42.0 Å². The Hall–Kier alpha value is -4.00. The topological polar surface area (TPSA) is 89.0 Å². The highest BCUT2D eigenvalue weighted by Crippen LogP contribution is 2.24. The minimum absolute atomic E-state index is 0.117. The Bertz CT molecular complexity index is 1160. The van der Waals surface area contributed by atoms with Gasteiger partial charge in [-0.25, -0.2) is 9.97 Å². The summed E-state index contributed by atoms with van der Waals surface area (Å²) >= 11 is 0. The minimum Gasteiger partial charge on any atom is -0.492 e. The standard InChI is InChI=1S/C23H21N5O2/c1-16(29)26-18-7-4-8-19(14-18)30-13-12-25-23-20-9-2-3-10-21(20)27-22(28-23)17-6-5-11-24-15-17/h2-11,14-15H,12-13H2,1H3,(H,26,29)(H,25,27,28). The Morgan fingerprint density at radius 3 is 2.77 bits per heavy atom. The van der Waals surface area contributed by atoms with E-state index in [9.17, 15) is 4.79 Å². The third kappa shape index (κ3) is 4.70. The number of nitrogens with zero attached hydrogens (tertiary/aromatic N) is 3. The molecule has 0 bridgehead atoms. The fourth-order valence-electron chi connectivity index (χ4n) is 3.04. The summed E-state index contributed by atoms with van der Waals surface area (Å²) in [5, 5.41) is 7.04. The number of carbonyl (C=O) groups excluding carboxylic acids is 1. The van der Waals surface area contributed by atoms with E-state index in [1.807, 2.05) is 54.6 Å². The Morgan fingerprint density at radius 1 is 1.03 bits per heavy atom. The largest absolute Gasteiger partial charge is 0.492 e. The average Bonchev–Trinajstić information content (AvgIpc) is 2.77. The molecule has 0 spiro atoms. The van der Waals surface area contributed by atoms with E-state index in [-0.39, 0.29) is 5.91 Å². The van der Waals surface area contributed by atoms with Crippen LogP contribution in [0.5, 0.6) is 5.75 Å². The molecule has 7 heteroatoms. The highest BCUT2D eigenvalue weighted by atomic mass is 16.5. The Labute approximate surface area is 174 Å². The first-order valence-electron chi connectivity index (χ1n) is 9.60. The third-order valence-electron chi connectivity index (χ3n) is 4.34. The molecule has 0 aliphatic carbocycles. The minimum atomic E-state index is -0.117. The first-order chi connectivity index (χ1) is 14.7. The highest BCUT2D eigenvalue weighted by Gasteiger charge is 2.09. The normalized spacial score (nSPS) is 10.6. The van der Waals surface area contributed by atoms with E-state index in [2.05, 4.69) is 20.6 Å². The molecule has 1 amide bonds. The number of amides is 1. The number of nitrogens with one attached hydrogen (secondary N) is 2. The molecule has 0 unspecified atom stereocenters. The summed E-state index contributed by atoms with van der Waals surface area (Å²) in [5.74, 6) is 1.93. The van der Waals surface area contributed by atoms with Crippen LogP contribution in [-0.2, 0) is 4.79 Å². The van der Waals surface area contributed by atoms with Crippen molar-refractivity contribution < 1.29 is 9.53 Å². The van der Waals surface area contributed by atoms with Gasteiger partial charge in [0.05, 0.1) is 12.1 Å². The van der Waals surface area contributed by atoms with Crippen LogP contribution in [0, 0.1) is 0 Å². The van der Waals surface area contributed by atoms with E-state index in [0.717, 1.165) is 22.3 Å². The first kappa shape index (κ1) is 19.3. The van der Waals surface area contributed by atoms with Gasteiger partial charge in [-0.1, -0.05) is 18.2 Å². The maximum absolute atomic E-state index is 11.2. The lowest BCUT2D eigenvalue weighted by molar-refractivity contribution is -0.114. The van der Waals surface area contributed by atoms with Crippen LogP contribution in [0.2, 0.25) is 0 Å². The fraction of sp³-hybridized carbons (Fsp3) is 0.130. The zero-order valence-electron chi connectivity index (χ0n) is 16.5. The molecule has 0 radical (unpaired) electrons. The Kier molecular flexibility index (Phi) is 5.80. The van der Waals surface area contributed by atoms with Crippen LogP contribution in [0.25, 0.3) is 22.3 Å². The highest BCUT2D eigenvalue weighted by molar-refractivity contribution is 5.90. The molecular formula is C23H21N5O2. The van der Waals surface area contributed by atoms with Gasteiger partial charge >= 0.3 is 0 Å². The summed E-state index contributed by atoms with van der Waals surface area (Å²) in [6.07, 6.45) is 3.47. The van der Waals surface area contributed by atoms with E-state index >= 15 is 0 Å². The van der Waals surface area contributed by atoms with Crippen molar-refractivity contribution in [2.24, 2.45) is 0 Å². The molecule has 7 nitrogen and oxygen atoms in total. The lowest BCUT2D eigenvalue weighted by Crippen LogP contribution is -2.13. The summed E-state index contributed by atoms with van der Waals surface area (Å²) in [6, 6.07) is 19.0. The van der Waals surface area contributed by atoms with Crippen molar-refractivity contribution in [3.8, 4) is 17.1 Å². The number of ether oxygens (including phenoxy) is 1. The van der Waals surface area contributed by atoms with Crippen molar-refractivity contribution in [1.82, 2.24) is 15.0 Å². The van der Waals surface area contributed by atoms with E-state index in [4.69, 9.17) is 9.72 Å². The number of rotatable bonds is 7. The maximum atomic E-state index is 11.2. The first-order valence-corrected chi connectivity index (χ1v) is 9.60. The average molecular weight is 399 g/mol. The van der Waals surface area contributed by atoms with Gasteiger partial charge in [-0.2, -0.15) is 0 Å². The quantitative estimate of drug-likeness (QED) is 0.454. The lowest BCUT2D eigenvalue weighted by atomic mass is 10.2. The van der Waals surface area contributed by atoms with Crippen molar-refractivity contribution in [3.05, 3.63) is 73.1 Å². The predicted molar refractivity (Wildman–Crippen MR) is 117 cm³/mol. The molecule has 4 rings (SSSR count). The van der Waals surface area contributed by atoms with Gasteiger partial charge in [-0.15, -0.1) is 0 Å². The number of carbonyl (C=O) groups is 1. The number of benzene rings is 2. The fourth-order valence-corrected chi connectivity index (χ4v) is 3.04. The number of hydrogen-bond acceptors (Lipinski definition) is 6. The second kappa shape index (κ2) is 9.00. The molecule has 4 aromatic rings. The summed E-state index contributed by atoms with van der Waals surface area (Å²) in [5.41, 5.74) is 2.42. The van der Waals surface area contributed by atoms with Crippen LogP contribution in [0.1, 0.15) is 6.92 Å². The summed E-state index contributed by atoms with van der Waals surface area (Å²) < 4.78 is 5.81. The van der Waals surface area contributed by atoms with Gasteiger partial charge in [0.2, 0.25) is 5.91 Å². The Balaban J connectivity index is 1.47. The van der Waals surface area contributed by atoms with Crippen molar-refractivity contribution in [3.63, 3.8) is 0 Å². The second-order valence-electron chi connectivity index (χ2n) is 6.64. The SMILES string of the molecule is CC(=O)Nc1cccc(OCCNc2nc(-c3cccnc3)nc3ccccc23)c1. The van der Waals surface area contributed by atoms with Crippen molar-refractivity contribution in [2.75, 3.05) is 23.8 Å². The number of anilines is 2. The molecule has 0 aliphatic heterocycles. The monoisotopic (exact) mass is 399 g/mol. The van der Waals surface area contributed by atoms with E-state index in [1.165, 1.54) is 6.92 Å². The molecule has 0 aliphatic rings. The van der Waals surface area contributed by atoms with E-state index < -0.39 is 0 Å². The smallest absolute Gasteiger partial charge is 0.221 e. The van der Waals surface area contributed by atoms with E-state index in [1.54, 1.807) is 18.5 Å². The Morgan fingerprint density at radius 2 is 1.93 bits per heavy atom. The molecule has 2 N–H and O–H groups in total. The van der Waals surface area contributed by atoms with Crippen LogP contribution in [0.4, 0.5) is 11.5 Å². The number of para-hydroxylation sites is 1. The summed E-state index contributed by atoms with van der Waals surface area (Å²) in [4.78, 5) is 24.7. The summed E-state index contributed by atoms with van der Waals surface area (Å²) in [6.45, 7) is 2.46. The molecule has 2 aromatic heterocycles. The lowest BCUT2D eigenvalue weighted by Gasteiger charge is -2.12. The van der Waals surface area contributed by atoms with Crippen LogP contribution in [0.3, 0.4) is 0 Å². The maximum Gasteiger partial charge on any atom is 0.221 e. The zero-order valence-corrected chi connectivity index (χ0v) is 16.5. The zero-order chi connectivity index (χ0) is 20.8. The molecule has 2 aromatic carbocycles.